The molecule has 1 unspecified atom stereocenters. The number of benzene rings is 1. The fourth-order valence-electron chi connectivity index (χ4n) is 4.62. The van der Waals surface area contributed by atoms with Gasteiger partial charge in [0.2, 0.25) is 0 Å². The molecule has 1 atom stereocenters. The third-order valence-electron chi connectivity index (χ3n) is 6.14. The fourth-order valence-corrected chi connectivity index (χ4v) is 6.18. The predicted molar refractivity (Wildman–Crippen MR) is 115 cm³/mol. The molecule has 2 aliphatic heterocycles. The van der Waals surface area contributed by atoms with Gasteiger partial charge in [-0.1, -0.05) is 6.07 Å². The largest absolute Gasteiger partial charge is 0.398 e. The molecule has 0 spiro atoms. The molecule has 3 aromatic rings. The number of anilines is 2. The number of rotatable bonds is 3. The van der Waals surface area contributed by atoms with Gasteiger partial charge in [-0.15, -0.1) is 0 Å². The Kier molecular flexibility index (Phi) is 4.29. The average Bonchev–Trinajstić information content (AvgIpc) is 3.34. The monoisotopic (exact) mass is 411 g/mol. The van der Waals surface area contributed by atoms with E-state index in [4.69, 9.17) is 5.73 Å². The van der Waals surface area contributed by atoms with Crippen LogP contribution >= 0.6 is 0 Å². The maximum atomic E-state index is 13.5. The van der Waals surface area contributed by atoms with Gasteiger partial charge in [-0.2, -0.15) is 0 Å². The van der Waals surface area contributed by atoms with Gasteiger partial charge in [0.05, 0.1) is 16.9 Å². The van der Waals surface area contributed by atoms with Crippen molar-refractivity contribution < 1.29 is 8.42 Å². The summed E-state index contributed by atoms with van der Waals surface area (Å²) >= 11 is 0. The van der Waals surface area contributed by atoms with Crippen LogP contribution in [0, 0.1) is 6.92 Å². The van der Waals surface area contributed by atoms with Crippen LogP contribution in [0.4, 0.5) is 11.4 Å². The minimum absolute atomic E-state index is 0.130. The summed E-state index contributed by atoms with van der Waals surface area (Å²) in [5.74, 6) is 0. The van der Waals surface area contributed by atoms with Crippen molar-refractivity contribution in [2.75, 3.05) is 36.8 Å². The normalized spacial score (nSPS) is 20.3. The molecule has 29 heavy (non-hydrogen) atoms. The highest BCUT2D eigenvalue weighted by Crippen LogP contribution is 2.34. The highest BCUT2D eigenvalue weighted by molar-refractivity contribution is 7.90. The average molecular weight is 412 g/mol. The second-order valence-corrected chi connectivity index (χ2v) is 9.79. The van der Waals surface area contributed by atoms with Gasteiger partial charge in [-0.3, -0.25) is 9.88 Å². The molecule has 1 aromatic carbocycles. The standard InChI is InChI=1S/C21H25N5O2S/c1-15-6-7-17(22)20(12-15)29(27,28)26-14-19(21-18(26)5-2-8-23-21)25-11-10-24-9-3-4-16(24)13-25/h2,5-8,12,14,16H,3-4,9-11,13,22H2,1H3. The number of fused-ring (bicyclic) bond motifs is 2. The van der Waals surface area contributed by atoms with Gasteiger partial charge in [0.1, 0.15) is 10.4 Å². The van der Waals surface area contributed by atoms with Crippen LogP contribution in [-0.4, -0.2) is 54.5 Å². The van der Waals surface area contributed by atoms with E-state index in [9.17, 15) is 8.42 Å². The van der Waals surface area contributed by atoms with Crippen LogP contribution in [-0.2, 0) is 10.0 Å². The lowest BCUT2D eigenvalue weighted by atomic mass is 10.1. The van der Waals surface area contributed by atoms with E-state index in [0.717, 1.165) is 30.9 Å². The number of hydrogen-bond acceptors (Lipinski definition) is 6. The first kappa shape index (κ1) is 18.4. The zero-order valence-corrected chi connectivity index (χ0v) is 17.3. The van der Waals surface area contributed by atoms with Crippen molar-refractivity contribution in [3.63, 3.8) is 0 Å². The second-order valence-electron chi connectivity index (χ2n) is 8.01. The van der Waals surface area contributed by atoms with Gasteiger partial charge in [0.25, 0.3) is 10.0 Å². The Hall–Kier alpha value is -2.58. The van der Waals surface area contributed by atoms with Crippen LogP contribution in [0.2, 0.25) is 0 Å². The summed E-state index contributed by atoms with van der Waals surface area (Å²) in [7, 11) is -3.84. The Morgan fingerprint density at radius 3 is 2.90 bits per heavy atom. The summed E-state index contributed by atoms with van der Waals surface area (Å²) in [4.78, 5) is 9.49. The number of nitrogen functional groups attached to an aromatic ring is 1. The Morgan fingerprint density at radius 2 is 2.03 bits per heavy atom. The van der Waals surface area contributed by atoms with Crippen molar-refractivity contribution >= 4 is 32.4 Å². The Bertz CT molecular complexity index is 1190. The van der Waals surface area contributed by atoms with Gasteiger partial charge >= 0.3 is 0 Å². The van der Waals surface area contributed by atoms with Crippen molar-refractivity contribution in [2.24, 2.45) is 0 Å². The Labute approximate surface area is 170 Å². The molecule has 2 aliphatic rings. The Balaban J connectivity index is 1.63. The van der Waals surface area contributed by atoms with E-state index in [1.165, 1.54) is 23.4 Å². The number of piperazine rings is 1. The van der Waals surface area contributed by atoms with Crippen LogP contribution in [0.1, 0.15) is 18.4 Å². The first-order valence-corrected chi connectivity index (χ1v) is 11.5. The van der Waals surface area contributed by atoms with E-state index in [2.05, 4.69) is 14.8 Å². The molecular weight excluding hydrogens is 386 g/mol. The minimum Gasteiger partial charge on any atom is -0.398 e. The zero-order valence-electron chi connectivity index (χ0n) is 16.5. The lowest BCUT2D eigenvalue weighted by molar-refractivity contribution is 0.231. The highest BCUT2D eigenvalue weighted by atomic mass is 32.2. The smallest absolute Gasteiger partial charge is 0.270 e. The first-order chi connectivity index (χ1) is 13.9. The van der Waals surface area contributed by atoms with Crippen LogP contribution in [0.3, 0.4) is 0 Å². The molecule has 7 nitrogen and oxygen atoms in total. The fraction of sp³-hybridized carbons (Fsp3) is 0.381. The van der Waals surface area contributed by atoms with Crippen molar-refractivity contribution in [2.45, 2.75) is 30.7 Å². The molecule has 5 rings (SSSR count). The van der Waals surface area contributed by atoms with E-state index >= 15 is 0 Å². The zero-order chi connectivity index (χ0) is 20.2. The maximum absolute atomic E-state index is 13.5. The van der Waals surface area contributed by atoms with Crippen LogP contribution in [0.15, 0.2) is 47.6 Å². The summed E-state index contributed by atoms with van der Waals surface area (Å²) in [6.07, 6.45) is 5.87. The van der Waals surface area contributed by atoms with Gasteiger partial charge in [-0.05, 0) is 56.1 Å². The summed E-state index contributed by atoms with van der Waals surface area (Å²) in [5.41, 5.74) is 9.32. The predicted octanol–water partition coefficient (Wildman–Crippen LogP) is 2.45. The maximum Gasteiger partial charge on any atom is 0.270 e. The molecule has 0 aliphatic carbocycles. The number of pyridine rings is 1. The molecular formula is C21H25N5O2S. The van der Waals surface area contributed by atoms with Gasteiger partial charge in [0, 0.05) is 38.1 Å². The SMILES string of the molecule is Cc1ccc(N)c(S(=O)(=O)n2cc(N3CCN4CCCC4C3)c3ncccc32)c1. The van der Waals surface area contributed by atoms with E-state index in [1.807, 2.05) is 13.0 Å². The van der Waals surface area contributed by atoms with Gasteiger partial charge < -0.3 is 10.6 Å². The molecule has 0 saturated carbocycles. The third-order valence-corrected chi connectivity index (χ3v) is 7.87. The topological polar surface area (TPSA) is 84.5 Å². The lowest BCUT2D eigenvalue weighted by Gasteiger charge is -2.38. The number of nitrogens with two attached hydrogens (primary N) is 1. The van der Waals surface area contributed by atoms with Crippen molar-refractivity contribution in [3.05, 3.63) is 48.3 Å². The number of aromatic nitrogens is 2. The van der Waals surface area contributed by atoms with Crippen molar-refractivity contribution in [3.8, 4) is 0 Å². The van der Waals surface area contributed by atoms with Crippen LogP contribution in [0.5, 0.6) is 0 Å². The molecule has 0 bridgehead atoms. The number of aryl methyl sites for hydroxylation is 1. The highest BCUT2D eigenvalue weighted by Gasteiger charge is 2.33. The first-order valence-electron chi connectivity index (χ1n) is 10.0. The number of hydrogen-bond donors (Lipinski definition) is 1. The second kappa shape index (κ2) is 6.74. The molecule has 2 N–H and O–H groups in total. The summed E-state index contributed by atoms with van der Waals surface area (Å²) in [6.45, 7) is 5.81. The molecule has 0 radical (unpaired) electrons. The van der Waals surface area contributed by atoms with Gasteiger partial charge in [0.15, 0.2) is 0 Å². The van der Waals surface area contributed by atoms with Crippen molar-refractivity contribution in [1.29, 1.82) is 0 Å². The molecule has 4 heterocycles. The van der Waals surface area contributed by atoms with Crippen LogP contribution < -0.4 is 10.6 Å². The molecule has 2 saturated heterocycles. The third kappa shape index (κ3) is 2.98. The molecule has 152 valence electrons. The van der Waals surface area contributed by atoms with Gasteiger partial charge in [-0.25, -0.2) is 12.4 Å². The van der Waals surface area contributed by atoms with Crippen LogP contribution in [0.25, 0.3) is 11.0 Å². The molecule has 2 aromatic heterocycles. The molecule has 0 amide bonds. The van der Waals surface area contributed by atoms with E-state index in [0.29, 0.717) is 17.1 Å². The summed E-state index contributed by atoms with van der Waals surface area (Å²) in [5, 5.41) is 0. The van der Waals surface area contributed by atoms with E-state index in [-0.39, 0.29) is 10.6 Å². The molecule has 8 heteroatoms. The number of nitrogens with zero attached hydrogens (tertiary/aromatic N) is 4. The summed E-state index contributed by atoms with van der Waals surface area (Å²) in [6, 6.07) is 9.20. The minimum atomic E-state index is -3.84. The quantitative estimate of drug-likeness (QED) is 0.667. The van der Waals surface area contributed by atoms with Crippen molar-refractivity contribution in [1.82, 2.24) is 13.9 Å². The lowest BCUT2D eigenvalue weighted by Crippen LogP contribution is -2.50. The van der Waals surface area contributed by atoms with E-state index in [1.54, 1.807) is 36.7 Å². The Morgan fingerprint density at radius 1 is 1.17 bits per heavy atom. The summed E-state index contributed by atoms with van der Waals surface area (Å²) < 4.78 is 28.4. The van der Waals surface area contributed by atoms with E-state index < -0.39 is 10.0 Å². The molecule has 2 fully saturated rings.